The highest BCUT2D eigenvalue weighted by Gasteiger charge is 2.44. The van der Waals surface area contributed by atoms with Crippen LogP contribution in [0.2, 0.25) is 0 Å². The van der Waals surface area contributed by atoms with Gasteiger partial charge in [0.25, 0.3) is 0 Å². The van der Waals surface area contributed by atoms with Gasteiger partial charge in [-0.05, 0) is 39.2 Å². The molecule has 5 nitrogen and oxygen atoms in total. The summed E-state index contributed by atoms with van der Waals surface area (Å²) in [5, 5.41) is 0. The van der Waals surface area contributed by atoms with Crippen LogP contribution in [0.25, 0.3) is 0 Å². The Morgan fingerprint density at radius 3 is 2.71 bits per heavy atom. The minimum Gasteiger partial charge on any atom is -0.493 e. The monoisotopic (exact) mass is 383 g/mol. The number of hydrogen-bond donors (Lipinski definition) is 0. The first-order valence-electron chi connectivity index (χ1n) is 10.3. The van der Waals surface area contributed by atoms with E-state index >= 15 is 0 Å². The van der Waals surface area contributed by atoms with Gasteiger partial charge in [-0.1, -0.05) is 31.5 Å². The van der Waals surface area contributed by atoms with Crippen LogP contribution in [0.15, 0.2) is 40.5 Å². The van der Waals surface area contributed by atoms with Crippen LogP contribution in [0.5, 0.6) is 5.75 Å². The molecule has 150 valence electrons. The van der Waals surface area contributed by atoms with E-state index < -0.39 is 17.8 Å². The summed E-state index contributed by atoms with van der Waals surface area (Å²) in [4.78, 5) is 30.4. The third-order valence-electron chi connectivity index (χ3n) is 5.41. The molecule has 28 heavy (non-hydrogen) atoms. The summed E-state index contributed by atoms with van der Waals surface area (Å²) in [7, 11) is 0. The Balaban J connectivity index is 2.10. The van der Waals surface area contributed by atoms with Gasteiger partial charge in [0.05, 0.1) is 24.7 Å². The van der Waals surface area contributed by atoms with Crippen molar-refractivity contribution in [3.8, 4) is 5.75 Å². The van der Waals surface area contributed by atoms with Crippen molar-refractivity contribution in [3.05, 3.63) is 41.1 Å². The zero-order chi connectivity index (χ0) is 20.1. The third kappa shape index (κ3) is 4.03. The smallest absolute Gasteiger partial charge is 0.336 e. The molecule has 0 radical (unpaired) electrons. The second-order valence-electron chi connectivity index (χ2n) is 7.34. The molecule has 0 amide bonds. The normalized spacial score (nSPS) is 21.8. The van der Waals surface area contributed by atoms with Gasteiger partial charge in [0.1, 0.15) is 11.5 Å². The molecule has 1 aliphatic heterocycles. The SMILES string of the molecule is CCCCOc1ccccc1C1C(C(=O)OCC)=C(C)N=C2CCCC(=O)C21. The molecule has 1 aromatic carbocycles. The fraction of sp³-hybridized carbons (Fsp3) is 0.522. The molecule has 1 aliphatic carbocycles. The van der Waals surface area contributed by atoms with E-state index in [1.807, 2.05) is 31.2 Å². The highest BCUT2D eigenvalue weighted by atomic mass is 16.5. The average molecular weight is 383 g/mol. The van der Waals surface area contributed by atoms with Crippen LogP contribution < -0.4 is 4.74 Å². The van der Waals surface area contributed by atoms with Crippen molar-refractivity contribution < 1.29 is 19.1 Å². The van der Waals surface area contributed by atoms with Crippen LogP contribution >= 0.6 is 0 Å². The number of ether oxygens (including phenoxy) is 2. The number of fused-ring (bicyclic) bond motifs is 1. The number of Topliss-reactive ketones (excluding diaryl/α,β-unsaturated/α-hetero) is 1. The van der Waals surface area contributed by atoms with E-state index in [2.05, 4.69) is 11.9 Å². The Morgan fingerprint density at radius 1 is 1.18 bits per heavy atom. The lowest BCUT2D eigenvalue weighted by Crippen LogP contribution is -2.39. The van der Waals surface area contributed by atoms with Crippen molar-refractivity contribution in [2.24, 2.45) is 10.9 Å². The summed E-state index contributed by atoms with van der Waals surface area (Å²) in [6.45, 7) is 6.63. The number of ketones is 1. The fourth-order valence-electron chi connectivity index (χ4n) is 4.13. The second-order valence-corrected chi connectivity index (χ2v) is 7.34. The van der Waals surface area contributed by atoms with Crippen LogP contribution in [0.1, 0.15) is 64.4 Å². The summed E-state index contributed by atoms with van der Waals surface area (Å²) in [6, 6.07) is 7.73. The van der Waals surface area contributed by atoms with Crippen molar-refractivity contribution >= 4 is 17.5 Å². The summed E-state index contributed by atoms with van der Waals surface area (Å²) >= 11 is 0. The number of hydrogen-bond acceptors (Lipinski definition) is 5. The van der Waals surface area contributed by atoms with Crippen LogP contribution in [0, 0.1) is 5.92 Å². The van der Waals surface area contributed by atoms with Gasteiger partial charge in [0.2, 0.25) is 0 Å². The molecule has 1 aromatic rings. The molecule has 2 aliphatic rings. The minimum atomic E-state index is -0.409. The lowest BCUT2D eigenvalue weighted by molar-refractivity contribution is -0.139. The molecular weight excluding hydrogens is 354 g/mol. The van der Waals surface area contributed by atoms with Gasteiger partial charge in [-0.15, -0.1) is 0 Å². The molecular formula is C23H29NO4. The standard InChI is InChI=1S/C23H29NO4/c1-4-6-14-28-19-13-8-7-10-16(19)21-20(23(26)27-5-2)15(3)24-17-11-9-12-18(25)22(17)21/h7-8,10,13,21-22H,4-6,9,11-12,14H2,1-3H3. The van der Waals surface area contributed by atoms with Crippen molar-refractivity contribution in [1.29, 1.82) is 0 Å². The van der Waals surface area contributed by atoms with Crippen LogP contribution in [-0.2, 0) is 14.3 Å². The molecule has 0 spiro atoms. The average Bonchev–Trinajstić information content (AvgIpc) is 2.68. The number of carbonyl (C=O) groups excluding carboxylic acids is 2. The van der Waals surface area contributed by atoms with Crippen molar-refractivity contribution in [1.82, 2.24) is 0 Å². The zero-order valence-corrected chi connectivity index (χ0v) is 17.0. The lowest BCUT2D eigenvalue weighted by Gasteiger charge is -2.36. The second kappa shape index (κ2) is 9.18. The highest BCUT2D eigenvalue weighted by Crippen LogP contribution is 2.45. The van der Waals surface area contributed by atoms with E-state index in [0.29, 0.717) is 24.3 Å². The quantitative estimate of drug-likeness (QED) is 0.509. The number of aliphatic imine (C=N–C) groups is 1. The number of unbranched alkanes of at least 4 members (excludes halogenated alkanes) is 1. The van der Waals surface area contributed by atoms with Crippen LogP contribution in [-0.4, -0.2) is 30.7 Å². The largest absolute Gasteiger partial charge is 0.493 e. The molecule has 2 unspecified atom stereocenters. The molecule has 0 saturated heterocycles. The molecule has 1 saturated carbocycles. The number of benzene rings is 1. The van der Waals surface area contributed by atoms with E-state index in [1.54, 1.807) is 6.92 Å². The Bertz CT molecular complexity index is 809. The Kier molecular flexibility index (Phi) is 6.65. The zero-order valence-electron chi connectivity index (χ0n) is 17.0. The predicted octanol–water partition coefficient (Wildman–Crippen LogP) is 4.61. The molecule has 0 aromatic heterocycles. The first-order chi connectivity index (χ1) is 13.6. The number of para-hydroxylation sites is 1. The molecule has 1 fully saturated rings. The molecule has 5 heteroatoms. The molecule has 0 N–H and O–H groups in total. The van der Waals surface area contributed by atoms with Crippen molar-refractivity contribution in [2.75, 3.05) is 13.2 Å². The number of esters is 1. The van der Waals surface area contributed by atoms with E-state index in [4.69, 9.17) is 9.47 Å². The Morgan fingerprint density at radius 2 is 1.96 bits per heavy atom. The van der Waals surface area contributed by atoms with Gasteiger partial charge in [-0.2, -0.15) is 0 Å². The van der Waals surface area contributed by atoms with Gasteiger partial charge in [-0.3, -0.25) is 9.79 Å². The van der Waals surface area contributed by atoms with E-state index in [1.165, 1.54) is 0 Å². The minimum absolute atomic E-state index is 0.146. The maximum atomic E-state index is 12.9. The summed E-state index contributed by atoms with van der Waals surface area (Å²) in [6.07, 6.45) is 4.12. The maximum Gasteiger partial charge on any atom is 0.336 e. The van der Waals surface area contributed by atoms with Gasteiger partial charge < -0.3 is 9.47 Å². The van der Waals surface area contributed by atoms with E-state index in [0.717, 1.165) is 42.7 Å². The predicted molar refractivity (Wildman–Crippen MR) is 109 cm³/mol. The molecule has 0 bridgehead atoms. The summed E-state index contributed by atoms with van der Waals surface area (Å²) in [5.74, 6) is -0.331. The molecule has 3 rings (SSSR count). The fourth-order valence-corrected chi connectivity index (χ4v) is 4.13. The molecule has 2 atom stereocenters. The van der Waals surface area contributed by atoms with Gasteiger partial charge in [-0.25, -0.2) is 4.79 Å². The van der Waals surface area contributed by atoms with Crippen LogP contribution in [0.4, 0.5) is 0 Å². The Labute approximate surface area is 166 Å². The summed E-state index contributed by atoms with van der Waals surface area (Å²) in [5.41, 5.74) is 2.88. The number of allylic oxidation sites excluding steroid dienone is 1. The van der Waals surface area contributed by atoms with Gasteiger partial charge in [0.15, 0.2) is 0 Å². The van der Waals surface area contributed by atoms with Crippen molar-refractivity contribution in [2.45, 2.75) is 58.8 Å². The van der Waals surface area contributed by atoms with Crippen molar-refractivity contribution in [3.63, 3.8) is 0 Å². The highest BCUT2D eigenvalue weighted by molar-refractivity contribution is 6.11. The number of nitrogens with zero attached hydrogens (tertiary/aromatic N) is 1. The summed E-state index contributed by atoms with van der Waals surface area (Å²) < 4.78 is 11.4. The number of rotatable bonds is 7. The van der Waals surface area contributed by atoms with Gasteiger partial charge in [0, 0.05) is 29.3 Å². The first-order valence-corrected chi connectivity index (χ1v) is 10.3. The van der Waals surface area contributed by atoms with Gasteiger partial charge >= 0.3 is 5.97 Å². The van der Waals surface area contributed by atoms with E-state index in [9.17, 15) is 9.59 Å². The van der Waals surface area contributed by atoms with Crippen LogP contribution in [0.3, 0.4) is 0 Å². The topological polar surface area (TPSA) is 65.0 Å². The molecule has 1 heterocycles. The van der Waals surface area contributed by atoms with E-state index in [-0.39, 0.29) is 12.4 Å². The Hall–Kier alpha value is -2.43. The third-order valence-corrected chi connectivity index (χ3v) is 5.41. The lowest BCUT2D eigenvalue weighted by atomic mass is 9.69. The first kappa shape index (κ1) is 20.3. The number of carbonyl (C=O) groups is 2. The maximum absolute atomic E-state index is 12.9.